The Morgan fingerprint density at radius 2 is 1.83 bits per heavy atom. The minimum atomic E-state index is -3.41. The van der Waals surface area contributed by atoms with Crippen LogP contribution < -0.4 is 0 Å². The molecule has 0 atom stereocenters. The van der Waals surface area contributed by atoms with Crippen molar-refractivity contribution in [1.29, 1.82) is 0 Å². The van der Waals surface area contributed by atoms with E-state index >= 15 is 0 Å². The molecule has 18 heavy (non-hydrogen) atoms. The molecule has 3 nitrogen and oxygen atoms in total. The number of rotatable bonds is 6. The van der Waals surface area contributed by atoms with Crippen LogP contribution in [-0.4, -0.2) is 32.4 Å². The van der Waals surface area contributed by atoms with Crippen LogP contribution >= 0.6 is 58.4 Å². The van der Waals surface area contributed by atoms with Crippen molar-refractivity contribution in [1.82, 2.24) is 3.71 Å². The van der Waals surface area contributed by atoms with Crippen LogP contribution in [0.25, 0.3) is 0 Å². The summed E-state index contributed by atoms with van der Waals surface area (Å²) < 4.78 is 24.3. The van der Waals surface area contributed by atoms with E-state index in [1.807, 2.05) is 0 Å². The minimum Gasteiger partial charge on any atom is -0.211 e. The maximum atomic E-state index is 12.4. The Hall–Kier alpha value is 1.42. The maximum absolute atomic E-state index is 12.4. The SMILES string of the molecule is CCN(SC(Cl)(Cl)C(Cl)Cl)S(=O)(=O)C1CCCC1. The van der Waals surface area contributed by atoms with Crippen LogP contribution in [0.15, 0.2) is 0 Å². The lowest BCUT2D eigenvalue weighted by Crippen LogP contribution is -2.36. The van der Waals surface area contributed by atoms with Gasteiger partial charge in [-0.25, -0.2) is 8.42 Å². The first-order valence-electron chi connectivity index (χ1n) is 5.58. The van der Waals surface area contributed by atoms with Gasteiger partial charge in [0.2, 0.25) is 13.7 Å². The lowest BCUT2D eigenvalue weighted by molar-refractivity contribution is 0.532. The molecule has 0 aliphatic heterocycles. The highest BCUT2D eigenvalue weighted by atomic mass is 35.5. The molecule has 1 fully saturated rings. The molecular weight excluding hydrogens is 360 g/mol. The van der Waals surface area contributed by atoms with E-state index in [1.165, 1.54) is 3.71 Å². The van der Waals surface area contributed by atoms with Crippen LogP contribution in [-0.2, 0) is 10.0 Å². The predicted molar refractivity (Wildman–Crippen MR) is 81.1 cm³/mol. The van der Waals surface area contributed by atoms with E-state index in [0.29, 0.717) is 12.8 Å². The van der Waals surface area contributed by atoms with Gasteiger partial charge in [0, 0.05) is 6.54 Å². The summed E-state index contributed by atoms with van der Waals surface area (Å²) in [5.41, 5.74) is 0. The lowest BCUT2D eigenvalue weighted by atomic mass is 10.4. The zero-order chi connectivity index (χ0) is 14.0. The summed E-state index contributed by atoms with van der Waals surface area (Å²) in [6.45, 7) is 1.99. The molecule has 0 amide bonds. The average Bonchev–Trinajstić information content (AvgIpc) is 2.79. The van der Waals surface area contributed by atoms with Crippen LogP contribution in [0.4, 0.5) is 0 Å². The molecule has 0 bridgehead atoms. The monoisotopic (exact) mass is 373 g/mol. The van der Waals surface area contributed by atoms with Gasteiger partial charge in [-0.05, 0) is 24.8 Å². The van der Waals surface area contributed by atoms with Crippen molar-refractivity contribution in [3.05, 3.63) is 0 Å². The second-order valence-electron chi connectivity index (χ2n) is 4.02. The highest BCUT2D eigenvalue weighted by molar-refractivity contribution is 8.11. The Kier molecular flexibility index (Phi) is 6.72. The molecule has 0 aromatic rings. The van der Waals surface area contributed by atoms with Gasteiger partial charge < -0.3 is 0 Å². The molecule has 0 radical (unpaired) electrons. The third-order valence-electron chi connectivity index (χ3n) is 2.74. The van der Waals surface area contributed by atoms with Gasteiger partial charge in [0.1, 0.15) is 0 Å². The Morgan fingerprint density at radius 3 is 2.22 bits per heavy atom. The van der Waals surface area contributed by atoms with E-state index < -0.39 is 18.5 Å². The van der Waals surface area contributed by atoms with Crippen LogP contribution in [0.2, 0.25) is 0 Å². The van der Waals surface area contributed by atoms with Crippen molar-refractivity contribution < 1.29 is 8.42 Å². The van der Waals surface area contributed by atoms with Crippen molar-refractivity contribution in [3.8, 4) is 0 Å². The quantitative estimate of drug-likeness (QED) is 0.517. The highest BCUT2D eigenvalue weighted by Gasteiger charge is 2.41. The molecule has 9 heteroatoms. The summed E-state index contributed by atoms with van der Waals surface area (Å²) >= 11 is 23.9. The van der Waals surface area contributed by atoms with Gasteiger partial charge in [0.15, 0.2) is 4.84 Å². The fourth-order valence-corrected chi connectivity index (χ4v) is 6.04. The maximum Gasteiger partial charge on any atom is 0.226 e. The zero-order valence-corrected chi connectivity index (χ0v) is 14.4. The third kappa shape index (κ3) is 4.21. The smallest absolute Gasteiger partial charge is 0.211 e. The van der Waals surface area contributed by atoms with Crippen molar-refractivity contribution in [2.24, 2.45) is 0 Å². The van der Waals surface area contributed by atoms with Crippen LogP contribution in [0.3, 0.4) is 0 Å². The summed E-state index contributed by atoms with van der Waals surface area (Å²) in [5.74, 6) is 0. The second-order valence-corrected chi connectivity index (χ2v) is 10.6. The highest BCUT2D eigenvalue weighted by Crippen LogP contribution is 2.46. The summed E-state index contributed by atoms with van der Waals surface area (Å²) in [6.07, 6.45) is 3.24. The van der Waals surface area contributed by atoms with E-state index in [4.69, 9.17) is 46.4 Å². The van der Waals surface area contributed by atoms with E-state index in [9.17, 15) is 8.42 Å². The Bertz CT molecular complexity index is 369. The van der Waals surface area contributed by atoms with Crippen molar-refractivity contribution in [2.45, 2.75) is 46.4 Å². The first-order valence-corrected chi connectivity index (χ1v) is 9.49. The average molecular weight is 375 g/mol. The molecule has 1 aliphatic rings. The lowest BCUT2D eigenvalue weighted by Gasteiger charge is -2.29. The summed E-state index contributed by atoms with van der Waals surface area (Å²) in [7, 11) is -3.41. The van der Waals surface area contributed by atoms with Crippen molar-refractivity contribution in [2.75, 3.05) is 6.54 Å². The molecule has 108 valence electrons. The first-order chi connectivity index (χ1) is 8.21. The van der Waals surface area contributed by atoms with Gasteiger partial charge in [-0.2, -0.15) is 0 Å². The molecule has 1 aliphatic carbocycles. The Morgan fingerprint density at radius 1 is 1.33 bits per heavy atom. The second kappa shape index (κ2) is 6.92. The van der Waals surface area contributed by atoms with Crippen molar-refractivity contribution >= 4 is 68.4 Å². The number of alkyl halides is 4. The molecule has 0 unspecified atom stereocenters. The number of hydrogen-bond acceptors (Lipinski definition) is 3. The van der Waals surface area contributed by atoms with Crippen LogP contribution in [0.1, 0.15) is 32.6 Å². The Balaban J connectivity index is 2.83. The standard InChI is InChI=1S/C9H15Cl4NO2S2/c1-2-14(17-9(12,13)8(10)11)18(15,16)7-5-3-4-6-7/h7-8H,2-6H2,1H3. The van der Waals surface area contributed by atoms with Gasteiger partial charge in [0.05, 0.1) is 5.25 Å². The van der Waals surface area contributed by atoms with Crippen LogP contribution in [0, 0.1) is 0 Å². The first kappa shape index (κ1) is 17.5. The summed E-state index contributed by atoms with van der Waals surface area (Å²) in [5, 5.41) is -0.349. The van der Waals surface area contributed by atoms with E-state index in [2.05, 4.69) is 0 Å². The number of nitrogens with zero attached hydrogens (tertiary/aromatic N) is 1. The fraction of sp³-hybridized carbons (Fsp3) is 1.00. The van der Waals surface area contributed by atoms with Gasteiger partial charge in [-0.3, -0.25) is 0 Å². The molecule has 0 saturated heterocycles. The Labute approximate surface area is 133 Å². The van der Waals surface area contributed by atoms with E-state index in [1.54, 1.807) is 6.92 Å². The molecular formula is C9H15Cl4NO2S2. The fourth-order valence-electron chi connectivity index (χ4n) is 1.82. The molecule has 1 rings (SSSR count). The molecule has 0 aromatic heterocycles. The number of sulfonamides is 1. The van der Waals surface area contributed by atoms with E-state index in [-0.39, 0.29) is 11.8 Å². The molecule has 0 N–H and O–H groups in total. The zero-order valence-electron chi connectivity index (χ0n) is 9.78. The van der Waals surface area contributed by atoms with Gasteiger partial charge in [0.25, 0.3) is 0 Å². The summed E-state index contributed by atoms with van der Waals surface area (Å²) in [4.78, 5) is -1.08. The van der Waals surface area contributed by atoms with Gasteiger partial charge >= 0.3 is 0 Å². The normalized spacial score (nSPS) is 19.1. The molecule has 0 spiro atoms. The van der Waals surface area contributed by atoms with E-state index in [0.717, 1.165) is 24.8 Å². The summed E-state index contributed by atoms with van der Waals surface area (Å²) in [6, 6.07) is 0. The van der Waals surface area contributed by atoms with Crippen molar-refractivity contribution in [3.63, 3.8) is 0 Å². The predicted octanol–water partition coefficient (Wildman–Crippen LogP) is 4.16. The molecule has 1 saturated carbocycles. The topological polar surface area (TPSA) is 37.4 Å². The van der Waals surface area contributed by atoms with Gasteiger partial charge in [-0.1, -0.05) is 43.0 Å². The molecule has 0 aromatic carbocycles. The minimum absolute atomic E-state index is 0.269. The number of hydrogen-bond donors (Lipinski definition) is 0. The van der Waals surface area contributed by atoms with Crippen LogP contribution in [0.5, 0.6) is 0 Å². The third-order valence-corrected chi connectivity index (χ3v) is 8.88. The number of halogens is 4. The van der Waals surface area contributed by atoms with Gasteiger partial charge in [-0.15, -0.1) is 26.9 Å². The molecule has 0 heterocycles. The largest absolute Gasteiger partial charge is 0.226 e.